The van der Waals surface area contributed by atoms with Crippen molar-refractivity contribution >= 4 is 20.4 Å². The highest BCUT2D eigenvalue weighted by Gasteiger charge is 2.22. The maximum Gasteiger partial charge on any atom is 0.225 e. The highest BCUT2D eigenvalue weighted by molar-refractivity contribution is 7.22. The van der Waals surface area contributed by atoms with E-state index in [4.69, 9.17) is 4.74 Å². The Morgan fingerprint density at radius 1 is 1.78 bits per heavy atom. The number of hydrogen-bond donors (Lipinski definition) is 0. The van der Waals surface area contributed by atoms with Crippen molar-refractivity contribution in [2.24, 2.45) is 0 Å². The minimum Gasteiger partial charge on any atom is -0.370 e. The van der Waals surface area contributed by atoms with Gasteiger partial charge in [-0.15, -0.1) is 0 Å². The number of ketones is 1. The summed E-state index contributed by atoms with van der Waals surface area (Å²) in [4.78, 5) is 10.8. The van der Waals surface area contributed by atoms with Crippen LogP contribution in [-0.4, -0.2) is 24.3 Å². The van der Waals surface area contributed by atoms with Gasteiger partial charge in [-0.25, -0.2) is 0 Å². The fourth-order valence-electron chi connectivity index (χ4n) is 0.909. The zero-order valence-corrected chi connectivity index (χ0v) is 6.32. The molecule has 0 aromatic rings. The first-order chi connectivity index (χ1) is 4.34. The van der Waals surface area contributed by atoms with Gasteiger partial charge in [-0.05, 0) is 12.8 Å². The summed E-state index contributed by atoms with van der Waals surface area (Å²) in [6, 6.07) is 0. The van der Waals surface area contributed by atoms with Crippen molar-refractivity contribution in [3.05, 3.63) is 0 Å². The third-order valence-corrected chi connectivity index (χ3v) is 1.74. The lowest BCUT2D eigenvalue weighted by atomic mass is 10.2. The zero-order valence-electron chi connectivity index (χ0n) is 5.17. The van der Waals surface area contributed by atoms with Crippen molar-refractivity contribution < 1.29 is 9.53 Å². The van der Waals surface area contributed by atoms with Crippen LogP contribution in [0.4, 0.5) is 0 Å². The van der Waals surface area contributed by atoms with Gasteiger partial charge in [0.05, 0.1) is 8.86 Å². The van der Waals surface area contributed by atoms with Crippen molar-refractivity contribution in [3.8, 4) is 0 Å². The van der Waals surface area contributed by atoms with Crippen LogP contribution in [-0.2, 0) is 9.53 Å². The molecule has 9 heavy (non-hydrogen) atoms. The van der Waals surface area contributed by atoms with E-state index in [0.29, 0.717) is 0 Å². The minimum absolute atomic E-state index is 0.0949. The molecule has 0 bridgehead atoms. The molecule has 1 saturated heterocycles. The Kier molecular flexibility index (Phi) is 2.38. The third-order valence-electron chi connectivity index (χ3n) is 1.41. The molecule has 1 heterocycles. The van der Waals surface area contributed by atoms with Gasteiger partial charge in [0.1, 0.15) is 11.9 Å². The zero-order chi connectivity index (χ0) is 6.69. The lowest BCUT2D eigenvalue weighted by molar-refractivity contribution is -0.120. The fourth-order valence-corrected chi connectivity index (χ4v) is 1.12. The lowest BCUT2D eigenvalue weighted by Gasteiger charge is -1.99. The topological polar surface area (TPSA) is 26.3 Å². The Morgan fingerprint density at radius 2 is 2.56 bits per heavy atom. The second kappa shape index (κ2) is 3.09. The van der Waals surface area contributed by atoms with Gasteiger partial charge in [-0.2, -0.15) is 0 Å². The van der Waals surface area contributed by atoms with E-state index in [2.05, 4.69) is 8.86 Å². The molecule has 0 aromatic heterocycles. The van der Waals surface area contributed by atoms with Gasteiger partial charge in [0.2, 0.25) is 5.78 Å². The van der Waals surface area contributed by atoms with Crippen LogP contribution in [0.3, 0.4) is 0 Å². The highest BCUT2D eigenvalue weighted by Crippen LogP contribution is 2.11. The number of ether oxygens (including phenoxy) is 1. The van der Waals surface area contributed by atoms with E-state index in [1.807, 2.05) is 0 Å². The number of hydrogen-bond acceptors (Lipinski definition) is 2. The summed E-state index contributed by atoms with van der Waals surface area (Å²) in [6.45, 7) is 0.745. The molecule has 0 aliphatic carbocycles. The van der Waals surface area contributed by atoms with Crippen LogP contribution in [0.1, 0.15) is 12.8 Å². The van der Waals surface area contributed by atoms with Crippen molar-refractivity contribution in [3.63, 3.8) is 0 Å². The van der Waals surface area contributed by atoms with Crippen LogP contribution in [0.25, 0.3) is 0 Å². The predicted molar refractivity (Wildman–Crippen MR) is 39.8 cm³/mol. The summed E-state index contributed by atoms with van der Waals surface area (Å²) in [5, 5.41) is 0. The second-order valence-corrected chi connectivity index (χ2v) is 2.40. The van der Waals surface area contributed by atoms with Gasteiger partial charge in [0.15, 0.2) is 0 Å². The average Bonchev–Trinajstić information content (AvgIpc) is 2.37. The Morgan fingerprint density at radius 3 is 3.00 bits per heavy atom. The molecule has 0 radical (unpaired) electrons. The molecule has 1 unspecified atom stereocenters. The minimum atomic E-state index is -0.137. The van der Waals surface area contributed by atoms with Crippen molar-refractivity contribution in [2.45, 2.75) is 18.9 Å². The molecular weight excluding hydrogens is 135 g/mol. The largest absolute Gasteiger partial charge is 0.370 e. The van der Waals surface area contributed by atoms with Crippen LogP contribution in [0.15, 0.2) is 0 Å². The van der Waals surface area contributed by atoms with Gasteiger partial charge >= 0.3 is 0 Å². The summed E-state index contributed by atoms with van der Waals surface area (Å²) in [6.07, 6.45) is 1.78. The molecule has 50 valence electrons. The van der Waals surface area contributed by atoms with Crippen molar-refractivity contribution in [1.29, 1.82) is 0 Å². The van der Waals surface area contributed by atoms with Crippen molar-refractivity contribution in [2.75, 3.05) is 6.61 Å². The maximum atomic E-state index is 10.8. The summed E-state index contributed by atoms with van der Waals surface area (Å²) < 4.78 is 5.11. The Balaban J connectivity index is 2.41. The molecule has 3 heteroatoms. The molecule has 1 aliphatic rings. The molecule has 1 rings (SSSR count). The van der Waals surface area contributed by atoms with E-state index >= 15 is 0 Å². The molecule has 1 fully saturated rings. The smallest absolute Gasteiger partial charge is 0.225 e. The van der Waals surface area contributed by atoms with Crippen LogP contribution < -0.4 is 0 Å². The molecule has 0 aromatic carbocycles. The van der Waals surface area contributed by atoms with E-state index in [9.17, 15) is 4.79 Å². The van der Waals surface area contributed by atoms with E-state index in [1.54, 1.807) is 0 Å². The Bertz CT molecular complexity index is 127. The second-order valence-electron chi connectivity index (χ2n) is 2.07. The standard InChI is InChI=1S/C6H9O2P/c7-5(4-9)6-2-1-3-8-6/h4,6,9H,1-3H2/p+1/t6-/m0/s1. The number of carbonyl (C=O) groups is 1. The molecule has 0 spiro atoms. The Labute approximate surface area is 56.4 Å². The van der Waals surface area contributed by atoms with Crippen LogP contribution in [0.2, 0.25) is 0 Å². The SMILES string of the molecule is O=C(C=[PH2+])[C@@H]1CCCO1. The van der Waals surface area contributed by atoms with Gasteiger partial charge in [0, 0.05) is 6.61 Å². The molecule has 0 saturated carbocycles. The molecule has 0 N–H and O–H groups in total. The summed E-state index contributed by atoms with van der Waals surface area (Å²) in [5.74, 6) is 1.59. The number of carbonyl (C=O) groups excluding carboxylic acids is 1. The van der Waals surface area contributed by atoms with Gasteiger partial charge in [-0.3, -0.25) is 4.79 Å². The van der Waals surface area contributed by atoms with E-state index in [-0.39, 0.29) is 11.9 Å². The molecule has 2 atom stereocenters. The monoisotopic (exact) mass is 145 g/mol. The summed E-state index contributed by atoms with van der Waals surface area (Å²) in [7, 11) is 2.29. The van der Waals surface area contributed by atoms with Crippen LogP contribution >= 0.6 is 8.86 Å². The van der Waals surface area contributed by atoms with Crippen molar-refractivity contribution in [1.82, 2.24) is 0 Å². The summed E-state index contributed by atoms with van der Waals surface area (Å²) >= 11 is 0. The molecule has 2 nitrogen and oxygen atoms in total. The van der Waals surface area contributed by atoms with Crippen LogP contribution in [0.5, 0.6) is 0 Å². The number of rotatable bonds is 2. The highest BCUT2D eigenvalue weighted by atomic mass is 31.0. The maximum absolute atomic E-state index is 10.8. The first-order valence-electron chi connectivity index (χ1n) is 3.05. The van der Waals surface area contributed by atoms with E-state index < -0.39 is 0 Å². The lowest BCUT2D eigenvalue weighted by Crippen LogP contribution is -2.18. The average molecular weight is 145 g/mol. The normalized spacial score (nSPS) is 26.0. The molecule has 1 aliphatic heterocycles. The first kappa shape index (κ1) is 6.91. The van der Waals surface area contributed by atoms with Gasteiger partial charge in [0.25, 0.3) is 0 Å². The Hall–Kier alpha value is -0.200. The van der Waals surface area contributed by atoms with Gasteiger partial charge < -0.3 is 4.74 Å². The van der Waals surface area contributed by atoms with E-state index in [0.717, 1.165) is 19.4 Å². The van der Waals surface area contributed by atoms with Crippen LogP contribution in [0, 0.1) is 0 Å². The van der Waals surface area contributed by atoms with E-state index in [1.165, 1.54) is 5.80 Å². The third kappa shape index (κ3) is 1.60. The quantitative estimate of drug-likeness (QED) is 0.526. The molecule has 0 amide bonds. The van der Waals surface area contributed by atoms with Gasteiger partial charge in [-0.1, -0.05) is 0 Å². The molecular formula is C6H10O2P+. The fraction of sp³-hybridized carbons (Fsp3) is 0.667. The number of Topliss-reactive ketones (excluding diaryl/α,β-unsaturated/α-hetero) is 1. The predicted octanol–water partition coefficient (Wildman–Crippen LogP) is 0.412. The first-order valence-corrected chi connectivity index (χ1v) is 3.71. The summed E-state index contributed by atoms with van der Waals surface area (Å²) in [5.41, 5.74) is 0.